The van der Waals surface area contributed by atoms with Crippen molar-refractivity contribution in [2.45, 2.75) is 6.42 Å². The van der Waals surface area contributed by atoms with Gasteiger partial charge in [-0.3, -0.25) is 4.79 Å². The van der Waals surface area contributed by atoms with Gasteiger partial charge in [-0.25, -0.2) is 0 Å². The summed E-state index contributed by atoms with van der Waals surface area (Å²) in [6.45, 7) is 5.75. The molecule has 0 aliphatic carbocycles. The number of amides is 1. The third-order valence-electron chi connectivity index (χ3n) is 3.16. The van der Waals surface area contributed by atoms with Gasteiger partial charge < -0.3 is 15.1 Å². The summed E-state index contributed by atoms with van der Waals surface area (Å²) in [5.74, 6) is 0.623. The standard InChI is InChI=1S/C10H19N3O/c1-12-3-2-4-13(6-5-12)10(14)9-7-11-8-9/h9,11H,2-8H2,1H3. The molecule has 0 aromatic rings. The van der Waals surface area contributed by atoms with Gasteiger partial charge >= 0.3 is 0 Å². The summed E-state index contributed by atoms with van der Waals surface area (Å²) in [4.78, 5) is 16.2. The SMILES string of the molecule is CN1CCCN(C(=O)C2CNC2)CC1. The molecule has 14 heavy (non-hydrogen) atoms. The Hall–Kier alpha value is -0.610. The maximum Gasteiger partial charge on any atom is 0.228 e. The van der Waals surface area contributed by atoms with Crippen LogP contribution < -0.4 is 5.32 Å². The molecule has 2 fully saturated rings. The van der Waals surface area contributed by atoms with Crippen molar-refractivity contribution in [2.75, 3.05) is 46.3 Å². The molecule has 2 aliphatic heterocycles. The average molecular weight is 197 g/mol. The van der Waals surface area contributed by atoms with E-state index < -0.39 is 0 Å². The fourth-order valence-corrected chi connectivity index (χ4v) is 1.99. The number of rotatable bonds is 1. The zero-order chi connectivity index (χ0) is 9.97. The topological polar surface area (TPSA) is 35.6 Å². The molecule has 0 unspecified atom stereocenters. The van der Waals surface area contributed by atoms with Gasteiger partial charge in [-0.15, -0.1) is 0 Å². The van der Waals surface area contributed by atoms with E-state index in [1.807, 2.05) is 4.90 Å². The van der Waals surface area contributed by atoms with Gasteiger partial charge in [0.25, 0.3) is 0 Å². The number of carbonyl (C=O) groups excluding carboxylic acids is 1. The van der Waals surface area contributed by atoms with E-state index in [4.69, 9.17) is 0 Å². The summed E-state index contributed by atoms with van der Waals surface area (Å²) >= 11 is 0. The van der Waals surface area contributed by atoms with Crippen molar-refractivity contribution in [1.29, 1.82) is 0 Å². The monoisotopic (exact) mass is 197 g/mol. The summed E-state index contributed by atoms with van der Waals surface area (Å²) in [5.41, 5.74) is 0. The molecule has 0 aromatic carbocycles. The molecular formula is C10H19N3O. The minimum Gasteiger partial charge on any atom is -0.341 e. The van der Waals surface area contributed by atoms with E-state index in [-0.39, 0.29) is 5.92 Å². The molecule has 4 nitrogen and oxygen atoms in total. The summed E-state index contributed by atoms with van der Waals surface area (Å²) in [5, 5.41) is 3.15. The zero-order valence-electron chi connectivity index (χ0n) is 8.83. The lowest BCUT2D eigenvalue weighted by atomic mass is 10.0. The van der Waals surface area contributed by atoms with Crippen LogP contribution in [0.4, 0.5) is 0 Å². The van der Waals surface area contributed by atoms with E-state index in [0.29, 0.717) is 5.91 Å². The molecule has 2 aliphatic rings. The number of carbonyl (C=O) groups is 1. The van der Waals surface area contributed by atoms with E-state index >= 15 is 0 Å². The van der Waals surface area contributed by atoms with Crippen LogP contribution in [0.25, 0.3) is 0 Å². The van der Waals surface area contributed by atoms with Crippen molar-refractivity contribution in [1.82, 2.24) is 15.1 Å². The van der Waals surface area contributed by atoms with Crippen molar-refractivity contribution in [3.8, 4) is 0 Å². The first-order valence-corrected chi connectivity index (χ1v) is 5.45. The minimum atomic E-state index is 0.262. The van der Waals surface area contributed by atoms with Gasteiger partial charge in [0.1, 0.15) is 0 Å². The summed E-state index contributed by atoms with van der Waals surface area (Å²) in [6.07, 6.45) is 1.11. The van der Waals surface area contributed by atoms with E-state index in [0.717, 1.165) is 45.7 Å². The lowest BCUT2D eigenvalue weighted by molar-refractivity contribution is -0.136. The molecule has 0 radical (unpaired) electrons. The molecule has 0 saturated carbocycles. The molecule has 2 saturated heterocycles. The Morgan fingerprint density at radius 2 is 2.00 bits per heavy atom. The first-order valence-electron chi connectivity index (χ1n) is 5.45. The molecule has 0 atom stereocenters. The minimum absolute atomic E-state index is 0.262. The number of hydrogen-bond donors (Lipinski definition) is 1. The third kappa shape index (κ3) is 2.07. The molecule has 2 rings (SSSR count). The molecule has 4 heteroatoms. The molecule has 1 N–H and O–H groups in total. The fraction of sp³-hybridized carbons (Fsp3) is 0.900. The third-order valence-corrected chi connectivity index (χ3v) is 3.16. The highest BCUT2D eigenvalue weighted by molar-refractivity contribution is 5.80. The van der Waals surface area contributed by atoms with Crippen molar-refractivity contribution in [3.05, 3.63) is 0 Å². The highest BCUT2D eigenvalue weighted by Gasteiger charge is 2.29. The van der Waals surface area contributed by atoms with E-state index in [1.165, 1.54) is 0 Å². The normalized spacial score (nSPS) is 25.6. The van der Waals surface area contributed by atoms with Crippen LogP contribution in [0.2, 0.25) is 0 Å². The van der Waals surface area contributed by atoms with Crippen LogP contribution in [0.5, 0.6) is 0 Å². The van der Waals surface area contributed by atoms with Gasteiger partial charge in [0.2, 0.25) is 5.91 Å². The molecule has 0 bridgehead atoms. The summed E-state index contributed by atoms with van der Waals surface area (Å²) in [6, 6.07) is 0. The Bertz CT molecular complexity index is 215. The summed E-state index contributed by atoms with van der Waals surface area (Å²) < 4.78 is 0. The van der Waals surface area contributed by atoms with Crippen LogP contribution in [-0.4, -0.2) is 62.0 Å². The van der Waals surface area contributed by atoms with Crippen molar-refractivity contribution in [2.24, 2.45) is 5.92 Å². The first kappa shape index (κ1) is 9.93. The molecule has 0 aromatic heterocycles. The van der Waals surface area contributed by atoms with Gasteiger partial charge in [0.15, 0.2) is 0 Å². The van der Waals surface area contributed by atoms with Gasteiger partial charge in [0, 0.05) is 32.7 Å². The maximum absolute atomic E-state index is 11.9. The molecule has 2 heterocycles. The van der Waals surface area contributed by atoms with Crippen LogP contribution in [0.1, 0.15) is 6.42 Å². The second-order valence-electron chi connectivity index (χ2n) is 4.34. The number of nitrogens with one attached hydrogen (secondary N) is 1. The van der Waals surface area contributed by atoms with Crippen molar-refractivity contribution >= 4 is 5.91 Å². The van der Waals surface area contributed by atoms with Crippen molar-refractivity contribution < 1.29 is 4.79 Å². The van der Waals surface area contributed by atoms with Crippen LogP contribution in [0, 0.1) is 5.92 Å². The van der Waals surface area contributed by atoms with Crippen LogP contribution in [-0.2, 0) is 4.79 Å². The lowest BCUT2D eigenvalue weighted by Crippen LogP contribution is -2.52. The second-order valence-corrected chi connectivity index (χ2v) is 4.34. The number of hydrogen-bond acceptors (Lipinski definition) is 3. The Labute approximate surface area is 85.2 Å². The first-order chi connectivity index (χ1) is 6.77. The zero-order valence-corrected chi connectivity index (χ0v) is 8.83. The Balaban J connectivity index is 1.86. The maximum atomic E-state index is 11.9. The summed E-state index contributed by atoms with van der Waals surface area (Å²) in [7, 11) is 2.12. The van der Waals surface area contributed by atoms with Gasteiger partial charge in [-0.1, -0.05) is 0 Å². The Kier molecular flexibility index (Phi) is 3.03. The van der Waals surface area contributed by atoms with Gasteiger partial charge in [-0.2, -0.15) is 0 Å². The van der Waals surface area contributed by atoms with Crippen LogP contribution in [0.3, 0.4) is 0 Å². The van der Waals surface area contributed by atoms with Crippen LogP contribution >= 0.6 is 0 Å². The van der Waals surface area contributed by atoms with Crippen LogP contribution in [0.15, 0.2) is 0 Å². The van der Waals surface area contributed by atoms with Gasteiger partial charge in [0.05, 0.1) is 5.92 Å². The molecule has 0 spiro atoms. The quantitative estimate of drug-likeness (QED) is 0.608. The highest BCUT2D eigenvalue weighted by atomic mass is 16.2. The van der Waals surface area contributed by atoms with Crippen molar-refractivity contribution in [3.63, 3.8) is 0 Å². The second kappa shape index (κ2) is 4.28. The molecular weight excluding hydrogens is 178 g/mol. The number of likely N-dealkylation sites (N-methyl/N-ethyl adjacent to an activating group) is 1. The smallest absolute Gasteiger partial charge is 0.228 e. The van der Waals surface area contributed by atoms with Gasteiger partial charge in [-0.05, 0) is 20.0 Å². The fourth-order valence-electron chi connectivity index (χ4n) is 1.99. The largest absolute Gasteiger partial charge is 0.341 e. The van der Waals surface area contributed by atoms with E-state index in [1.54, 1.807) is 0 Å². The molecule has 1 amide bonds. The lowest BCUT2D eigenvalue weighted by Gasteiger charge is -2.31. The Morgan fingerprint density at radius 3 is 2.64 bits per heavy atom. The average Bonchev–Trinajstić information content (AvgIpc) is 2.26. The highest BCUT2D eigenvalue weighted by Crippen LogP contribution is 2.10. The number of nitrogens with zero attached hydrogens (tertiary/aromatic N) is 2. The molecule has 80 valence electrons. The predicted octanol–water partition coefficient (Wildman–Crippen LogP) is -0.630. The predicted molar refractivity (Wildman–Crippen MR) is 55.1 cm³/mol. The Morgan fingerprint density at radius 1 is 1.21 bits per heavy atom. The van der Waals surface area contributed by atoms with E-state index in [2.05, 4.69) is 17.3 Å². The van der Waals surface area contributed by atoms with E-state index in [9.17, 15) is 4.79 Å².